The molecule has 5 aromatic carbocycles. The van der Waals surface area contributed by atoms with Crippen molar-refractivity contribution in [2.45, 2.75) is 120 Å². The fourth-order valence-corrected chi connectivity index (χ4v) is 12.0. The van der Waals surface area contributed by atoms with Crippen LogP contribution in [0.5, 0.6) is 23.0 Å². The summed E-state index contributed by atoms with van der Waals surface area (Å²) in [5, 5.41) is 63.3. The number of aromatic nitrogens is 1. The van der Waals surface area contributed by atoms with E-state index in [-0.39, 0.29) is 48.1 Å². The highest BCUT2D eigenvalue weighted by molar-refractivity contribution is 5.88. The monoisotopic (exact) mass is 990 g/mol. The number of phenols is 3. The molecule has 5 unspecified atom stereocenters. The van der Waals surface area contributed by atoms with E-state index in [1.54, 1.807) is 31.4 Å². The summed E-state index contributed by atoms with van der Waals surface area (Å²) < 4.78 is 27.3. The van der Waals surface area contributed by atoms with Gasteiger partial charge in [0.1, 0.15) is 23.9 Å². The van der Waals surface area contributed by atoms with E-state index in [4.69, 9.17) is 18.9 Å². The molecule has 7 N–H and O–H groups in total. The third-order valence-electron chi connectivity index (χ3n) is 15.8. The predicted octanol–water partition coefficient (Wildman–Crippen LogP) is 9.81. The van der Waals surface area contributed by atoms with Crippen LogP contribution in [0.4, 0.5) is 0 Å². The molecule has 4 aliphatic rings. The van der Waals surface area contributed by atoms with E-state index in [9.17, 15) is 25.5 Å². The van der Waals surface area contributed by atoms with Crippen LogP contribution in [-0.2, 0) is 58.5 Å². The van der Waals surface area contributed by atoms with Crippen LogP contribution < -0.4 is 15.4 Å². The Kier molecular flexibility index (Phi) is 15.9. The fraction of sp³-hybridized carbons (Fsp3) is 0.410. The average molecular weight is 990 g/mol. The fourth-order valence-electron chi connectivity index (χ4n) is 12.0. The molecule has 6 aromatic rings. The number of aliphatic hydroxyl groups is 2. The first kappa shape index (κ1) is 50.4. The Hall–Kier alpha value is -6.12. The smallest absolute Gasteiger partial charge is 0.161 e. The van der Waals surface area contributed by atoms with Gasteiger partial charge in [-0.05, 0) is 156 Å². The van der Waals surface area contributed by atoms with Gasteiger partial charge < -0.3 is 54.4 Å². The van der Waals surface area contributed by atoms with Gasteiger partial charge >= 0.3 is 0 Å². The zero-order chi connectivity index (χ0) is 50.3. The number of hydrogen-bond acceptors (Lipinski definition) is 11. The second kappa shape index (κ2) is 23.0. The number of benzene rings is 5. The van der Waals surface area contributed by atoms with Crippen molar-refractivity contribution in [3.63, 3.8) is 0 Å². The standard InChI is InChI=1S/C61H71N3O9/c1-70-39-62-59-22-18-44-36-72-53(13-5-3-2-4-9-40-15-21-56(68)45(25-40)26-41-10-8-12-51(66)27-41)32-52(67)20-17-43-31-58(57(69)30-47(43)35-65)73-37-48-29-50(28-46-33-64(34-54(46)48)60(44)63-59)61-23-24-71-38-49(61)19-16-42-11-6-7-14-55(42)61/h6-8,10-12,14-15,18,21-22,25,27-31,33-34,49,52-53,59,62-63,65-69H,2-5,9,13,16-17,19-20,23-24,26,32,35-39H2,1H3. The number of nitrogens with zero attached hydrogens (tertiary/aromatic N) is 1. The molecule has 1 fully saturated rings. The molecule has 12 nitrogen and oxygen atoms in total. The van der Waals surface area contributed by atoms with Crippen molar-refractivity contribution < 1.29 is 44.5 Å². The molecule has 10 rings (SSSR count). The molecule has 1 saturated heterocycles. The lowest BCUT2D eigenvalue weighted by atomic mass is 9.57. The van der Waals surface area contributed by atoms with Gasteiger partial charge in [0.05, 0.1) is 44.9 Å². The van der Waals surface area contributed by atoms with Gasteiger partial charge in [0.2, 0.25) is 0 Å². The van der Waals surface area contributed by atoms with Gasteiger partial charge in [0.25, 0.3) is 0 Å². The highest BCUT2D eigenvalue weighted by atomic mass is 16.5. The number of methoxy groups -OCH3 is 1. The Balaban J connectivity index is 0.942. The third kappa shape index (κ3) is 11.4. The molecule has 0 saturated carbocycles. The zero-order valence-corrected chi connectivity index (χ0v) is 42.0. The number of ether oxygens (including phenoxy) is 4. The molecular formula is C61H71N3O9. The van der Waals surface area contributed by atoms with E-state index in [1.807, 2.05) is 24.3 Å². The zero-order valence-electron chi connectivity index (χ0n) is 42.0. The summed E-state index contributed by atoms with van der Waals surface area (Å²) in [7, 11) is 1.67. The first-order valence-electron chi connectivity index (χ1n) is 26.4. The minimum Gasteiger partial charge on any atom is -0.508 e. The van der Waals surface area contributed by atoms with Crippen LogP contribution in [0.3, 0.4) is 0 Å². The lowest BCUT2D eigenvalue weighted by molar-refractivity contribution is 0.00498. The molecule has 3 aliphatic heterocycles. The van der Waals surface area contributed by atoms with E-state index >= 15 is 0 Å². The quantitative estimate of drug-likeness (QED) is 0.0410. The molecule has 0 amide bonds. The van der Waals surface area contributed by atoms with Gasteiger partial charge in [-0.15, -0.1) is 0 Å². The maximum absolute atomic E-state index is 11.7. The van der Waals surface area contributed by atoms with Crippen molar-refractivity contribution in [2.75, 3.05) is 33.7 Å². The van der Waals surface area contributed by atoms with Crippen molar-refractivity contribution in [3.05, 3.63) is 171 Å². The Bertz CT molecular complexity index is 2940. The van der Waals surface area contributed by atoms with Crippen LogP contribution in [0, 0.1) is 5.92 Å². The molecule has 384 valence electrons. The highest BCUT2D eigenvalue weighted by Gasteiger charge is 2.47. The van der Waals surface area contributed by atoms with Crippen LogP contribution in [0.1, 0.15) is 108 Å². The minimum atomic E-state index is -0.672. The maximum atomic E-state index is 11.7. The number of aromatic hydroxyl groups is 3. The summed E-state index contributed by atoms with van der Waals surface area (Å²) in [6, 6.07) is 30.0. The first-order chi connectivity index (χ1) is 35.7. The number of rotatable bonds is 14. The number of fused-ring (bicyclic) bond motifs is 7. The number of unbranched alkanes of at least 4 members (excludes halogenated alkanes) is 3. The van der Waals surface area contributed by atoms with Crippen molar-refractivity contribution in [3.8, 4) is 23.0 Å². The highest BCUT2D eigenvalue weighted by Crippen LogP contribution is 2.52. The van der Waals surface area contributed by atoms with E-state index < -0.39 is 6.10 Å². The van der Waals surface area contributed by atoms with Crippen molar-refractivity contribution in [1.29, 1.82) is 0 Å². The van der Waals surface area contributed by atoms with E-state index in [1.165, 1.54) is 22.3 Å². The second-order valence-corrected chi connectivity index (χ2v) is 20.6. The summed E-state index contributed by atoms with van der Waals surface area (Å²) in [6.45, 7) is 2.02. The van der Waals surface area contributed by atoms with Gasteiger partial charge in [0.15, 0.2) is 11.5 Å². The van der Waals surface area contributed by atoms with Gasteiger partial charge in [-0.3, -0.25) is 5.32 Å². The number of nitrogens with one attached hydrogen (secondary N) is 2. The summed E-state index contributed by atoms with van der Waals surface area (Å²) >= 11 is 0. The summed E-state index contributed by atoms with van der Waals surface area (Å²) in [5.41, 5.74) is 10.1. The van der Waals surface area contributed by atoms with Gasteiger partial charge in [0, 0.05) is 54.3 Å². The summed E-state index contributed by atoms with van der Waals surface area (Å²) in [6.07, 6.45) is 18.0. The third-order valence-corrected chi connectivity index (χ3v) is 15.8. The number of phenolic OH excluding ortho intramolecular Hbond substituents is 3. The number of aryl methyl sites for hydroxylation is 3. The topological polar surface area (TPSA) is 167 Å². The average Bonchev–Trinajstić information content (AvgIpc) is 3.85. The molecule has 4 heterocycles. The first-order valence-corrected chi connectivity index (χ1v) is 26.4. The lowest BCUT2D eigenvalue weighted by Crippen LogP contribution is -2.47. The van der Waals surface area contributed by atoms with Crippen molar-refractivity contribution in [2.24, 2.45) is 5.92 Å². The number of dihydropyridines is 1. The molecule has 0 spiro atoms. The van der Waals surface area contributed by atoms with Crippen LogP contribution in [0.2, 0.25) is 0 Å². The molecule has 73 heavy (non-hydrogen) atoms. The van der Waals surface area contributed by atoms with Crippen molar-refractivity contribution >= 4 is 16.6 Å². The summed E-state index contributed by atoms with van der Waals surface area (Å²) in [5.74, 6) is 1.97. The molecule has 5 atom stereocenters. The number of aliphatic hydroxyl groups excluding tert-OH is 2. The Morgan fingerprint density at radius 3 is 2.58 bits per heavy atom. The van der Waals surface area contributed by atoms with Crippen molar-refractivity contribution in [1.82, 2.24) is 15.2 Å². The van der Waals surface area contributed by atoms with E-state index in [0.29, 0.717) is 69.5 Å². The number of hydrogen-bond donors (Lipinski definition) is 7. The van der Waals surface area contributed by atoms with Gasteiger partial charge in [-0.1, -0.05) is 79.9 Å². The van der Waals surface area contributed by atoms with Gasteiger partial charge in [-0.2, -0.15) is 0 Å². The molecule has 12 heteroatoms. The van der Waals surface area contributed by atoms with E-state index in [2.05, 4.69) is 82.2 Å². The van der Waals surface area contributed by atoms with Crippen LogP contribution in [0.15, 0.2) is 121 Å². The second-order valence-electron chi connectivity index (χ2n) is 20.6. The Morgan fingerprint density at radius 1 is 0.822 bits per heavy atom. The van der Waals surface area contributed by atoms with Gasteiger partial charge in [-0.25, -0.2) is 0 Å². The normalized spacial score (nSPS) is 22.2. The van der Waals surface area contributed by atoms with Crippen LogP contribution >= 0.6 is 0 Å². The maximum Gasteiger partial charge on any atom is 0.161 e. The lowest BCUT2D eigenvalue weighted by Gasteiger charge is -2.49. The largest absolute Gasteiger partial charge is 0.508 e. The SMILES string of the molecule is COCNC1C=CC2=C(N1)n1cc3cc(C45CCOCC4CCc4ccccc45)cc(c3c1)COc1cc(c(CO)cc1O)CCC(O)CC(CCCCCCc1ccc(O)c(Cc3cccc(O)c3)c1)OC2. The van der Waals surface area contributed by atoms with E-state index in [0.717, 1.165) is 102 Å². The van der Waals surface area contributed by atoms with Crippen LogP contribution in [0.25, 0.3) is 16.6 Å². The Labute approximate surface area is 428 Å². The Morgan fingerprint density at radius 2 is 1.70 bits per heavy atom. The molecule has 1 aliphatic carbocycles. The molecule has 0 radical (unpaired) electrons. The summed E-state index contributed by atoms with van der Waals surface area (Å²) in [4.78, 5) is 0. The predicted molar refractivity (Wildman–Crippen MR) is 284 cm³/mol. The minimum absolute atomic E-state index is 0.0363. The molecule has 4 bridgehead atoms. The molecular weight excluding hydrogens is 919 g/mol. The molecule has 1 aromatic heterocycles. The van der Waals surface area contributed by atoms with Crippen LogP contribution in [-0.4, -0.2) is 82.1 Å².